The highest BCUT2D eigenvalue weighted by atomic mass is 19.4. The number of amides is 2. The van der Waals surface area contributed by atoms with Crippen LogP contribution < -0.4 is 5.32 Å². The van der Waals surface area contributed by atoms with Gasteiger partial charge in [-0.25, -0.2) is 9.18 Å². The third kappa shape index (κ3) is 6.21. The van der Waals surface area contributed by atoms with Crippen LogP contribution in [0.4, 0.5) is 22.4 Å². The molecule has 0 bridgehead atoms. The molecule has 184 valence electrons. The van der Waals surface area contributed by atoms with E-state index in [-0.39, 0.29) is 19.5 Å². The monoisotopic (exact) mass is 482 g/mol. The Balaban J connectivity index is 1.70. The molecule has 7 nitrogen and oxygen atoms in total. The first-order valence-corrected chi connectivity index (χ1v) is 10.6. The zero-order valence-corrected chi connectivity index (χ0v) is 19.2. The summed E-state index contributed by atoms with van der Waals surface area (Å²) in [6.07, 6.45) is -4.12. The smallest absolute Gasteiger partial charge is 0.433 e. The van der Waals surface area contributed by atoms with E-state index in [1.54, 1.807) is 33.8 Å². The van der Waals surface area contributed by atoms with E-state index in [0.29, 0.717) is 22.4 Å². The van der Waals surface area contributed by atoms with Gasteiger partial charge in [0.2, 0.25) is 5.91 Å². The molecule has 0 saturated carbocycles. The fourth-order valence-corrected chi connectivity index (χ4v) is 3.55. The lowest BCUT2D eigenvalue weighted by atomic mass is 10.0. The Hall–Kier alpha value is -3.24. The molecule has 1 fully saturated rings. The number of ether oxygens (including phenoxy) is 1. The Bertz CT molecular complexity index is 1050. The molecule has 3 heterocycles. The maximum Gasteiger partial charge on any atom is 0.433 e. The van der Waals surface area contributed by atoms with Crippen molar-refractivity contribution in [3.63, 3.8) is 0 Å². The van der Waals surface area contributed by atoms with Gasteiger partial charge in [0.15, 0.2) is 0 Å². The first-order chi connectivity index (χ1) is 15.7. The minimum absolute atomic E-state index is 0.0181. The van der Waals surface area contributed by atoms with Crippen molar-refractivity contribution in [3.8, 4) is 11.1 Å². The average molecular weight is 482 g/mol. The van der Waals surface area contributed by atoms with Crippen LogP contribution in [0.2, 0.25) is 0 Å². The summed E-state index contributed by atoms with van der Waals surface area (Å²) in [6, 6.07) is 2.83. The van der Waals surface area contributed by atoms with Crippen molar-refractivity contribution >= 4 is 12.0 Å². The van der Waals surface area contributed by atoms with Crippen LogP contribution >= 0.6 is 0 Å². The van der Waals surface area contributed by atoms with E-state index in [9.17, 15) is 27.2 Å². The summed E-state index contributed by atoms with van der Waals surface area (Å²) >= 11 is 0. The molecule has 0 aromatic carbocycles. The van der Waals surface area contributed by atoms with Gasteiger partial charge in [-0.05, 0) is 51.0 Å². The standard InChI is InChI=1S/C23H26F4N4O3/c1-13-9-28-16(8-17(13)14-5-6-19(29-10-14)23(25,26)27)11-30-20(32)18-7-15(24)12-31(18)21(33)34-22(2,3)4/h5-6,8-10,15,18H,7,11-12H2,1-4H3,(H,30,32)/t15-,18+/m1/s1. The first kappa shape index (κ1) is 25.4. The lowest BCUT2D eigenvalue weighted by Gasteiger charge is -2.27. The van der Waals surface area contributed by atoms with Crippen LogP contribution in [0.1, 0.15) is 44.1 Å². The van der Waals surface area contributed by atoms with E-state index >= 15 is 0 Å². The second-order valence-electron chi connectivity index (χ2n) is 9.12. The lowest BCUT2D eigenvalue weighted by Crippen LogP contribution is -2.47. The Morgan fingerprint density at radius 2 is 1.88 bits per heavy atom. The van der Waals surface area contributed by atoms with Crippen LogP contribution in [-0.4, -0.2) is 51.2 Å². The van der Waals surface area contributed by atoms with Crippen molar-refractivity contribution in [2.45, 2.75) is 64.7 Å². The van der Waals surface area contributed by atoms with Gasteiger partial charge < -0.3 is 10.1 Å². The van der Waals surface area contributed by atoms with E-state index in [4.69, 9.17) is 4.74 Å². The maximum absolute atomic E-state index is 14.0. The molecule has 1 aliphatic heterocycles. The summed E-state index contributed by atoms with van der Waals surface area (Å²) in [5, 5.41) is 2.65. The van der Waals surface area contributed by atoms with Crippen molar-refractivity contribution in [2.24, 2.45) is 0 Å². The van der Waals surface area contributed by atoms with Gasteiger partial charge in [-0.1, -0.05) is 6.07 Å². The molecular weight excluding hydrogens is 456 g/mol. The largest absolute Gasteiger partial charge is 0.444 e. The minimum Gasteiger partial charge on any atom is -0.444 e. The first-order valence-electron chi connectivity index (χ1n) is 10.6. The lowest BCUT2D eigenvalue weighted by molar-refractivity contribution is -0.141. The van der Waals surface area contributed by atoms with E-state index in [0.717, 1.165) is 17.2 Å². The number of pyridine rings is 2. The Kier molecular flexibility index (Phi) is 7.13. The quantitative estimate of drug-likeness (QED) is 0.652. The third-order valence-electron chi connectivity index (χ3n) is 5.15. The van der Waals surface area contributed by atoms with E-state index in [2.05, 4.69) is 15.3 Å². The maximum atomic E-state index is 14.0. The number of aryl methyl sites for hydroxylation is 1. The van der Waals surface area contributed by atoms with Crippen LogP contribution in [0.25, 0.3) is 11.1 Å². The number of hydrogen-bond donors (Lipinski definition) is 1. The van der Waals surface area contributed by atoms with Crippen molar-refractivity contribution in [2.75, 3.05) is 6.54 Å². The summed E-state index contributed by atoms with van der Waals surface area (Å²) in [4.78, 5) is 33.9. The Labute approximate surface area is 194 Å². The Morgan fingerprint density at radius 1 is 1.18 bits per heavy atom. The number of carbonyl (C=O) groups is 2. The highest BCUT2D eigenvalue weighted by Gasteiger charge is 2.41. The molecule has 3 rings (SSSR count). The van der Waals surface area contributed by atoms with Crippen LogP contribution in [-0.2, 0) is 22.3 Å². The molecule has 2 aromatic heterocycles. The summed E-state index contributed by atoms with van der Waals surface area (Å²) in [5.74, 6) is -0.550. The van der Waals surface area contributed by atoms with Gasteiger partial charge in [0.25, 0.3) is 0 Å². The predicted molar refractivity (Wildman–Crippen MR) is 115 cm³/mol. The van der Waals surface area contributed by atoms with Gasteiger partial charge in [-0.2, -0.15) is 13.2 Å². The number of aromatic nitrogens is 2. The molecule has 2 atom stereocenters. The van der Waals surface area contributed by atoms with Gasteiger partial charge in [-0.15, -0.1) is 0 Å². The summed E-state index contributed by atoms with van der Waals surface area (Å²) < 4.78 is 57.6. The molecule has 2 amide bonds. The molecule has 0 spiro atoms. The zero-order chi connectivity index (χ0) is 25.3. The topological polar surface area (TPSA) is 84.4 Å². The fraction of sp³-hybridized carbons (Fsp3) is 0.478. The molecule has 1 aliphatic rings. The van der Waals surface area contributed by atoms with Gasteiger partial charge in [-0.3, -0.25) is 19.7 Å². The van der Waals surface area contributed by atoms with E-state index in [1.807, 2.05) is 0 Å². The second kappa shape index (κ2) is 9.55. The molecule has 1 N–H and O–H groups in total. The van der Waals surface area contributed by atoms with Crippen LogP contribution in [0.5, 0.6) is 0 Å². The van der Waals surface area contributed by atoms with Crippen LogP contribution in [0.15, 0.2) is 30.6 Å². The number of rotatable bonds is 4. The number of likely N-dealkylation sites (tertiary alicyclic amines) is 1. The molecule has 2 aromatic rings. The number of nitrogens with one attached hydrogen (secondary N) is 1. The second-order valence-corrected chi connectivity index (χ2v) is 9.12. The number of alkyl halides is 4. The minimum atomic E-state index is -4.53. The zero-order valence-electron chi connectivity index (χ0n) is 19.2. The summed E-state index contributed by atoms with van der Waals surface area (Å²) in [6.45, 7) is 6.53. The van der Waals surface area contributed by atoms with Crippen molar-refractivity contribution in [1.82, 2.24) is 20.2 Å². The van der Waals surface area contributed by atoms with Gasteiger partial charge in [0.05, 0.1) is 18.8 Å². The van der Waals surface area contributed by atoms with Crippen molar-refractivity contribution in [3.05, 3.63) is 47.5 Å². The SMILES string of the molecule is Cc1cnc(CNC(=O)[C@@H]2C[C@@H](F)CN2C(=O)OC(C)(C)C)cc1-c1ccc(C(F)(F)F)nc1. The molecule has 0 unspecified atom stereocenters. The van der Waals surface area contributed by atoms with Crippen LogP contribution in [0, 0.1) is 6.92 Å². The van der Waals surface area contributed by atoms with Crippen LogP contribution in [0.3, 0.4) is 0 Å². The van der Waals surface area contributed by atoms with E-state index < -0.39 is 41.7 Å². The van der Waals surface area contributed by atoms with Gasteiger partial charge in [0, 0.05) is 24.4 Å². The highest BCUT2D eigenvalue weighted by Crippen LogP contribution is 2.30. The molecule has 0 aliphatic carbocycles. The average Bonchev–Trinajstić information content (AvgIpc) is 3.13. The number of hydrogen-bond acceptors (Lipinski definition) is 5. The highest BCUT2D eigenvalue weighted by molar-refractivity contribution is 5.86. The third-order valence-corrected chi connectivity index (χ3v) is 5.15. The summed E-state index contributed by atoms with van der Waals surface area (Å²) in [7, 11) is 0. The molecular formula is C23H26F4N4O3. The van der Waals surface area contributed by atoms with Crippen molar-refractivity contribution in [1.29, 1.82) is 0 Å². The molecule has 1 saturated heterocycles. The molecule has 34 heavy (non-hydrogen) atoms. The number of nitrogens with zero attached hydrogens (tertiary/aromatic N) is 3. The number of halogens is 4. The van der Waals surface area contributed by atoms with Crippen molar-refractivity contribution < 1.29 is 31.9 Å². The number of carbonyl (C=O) groups excluding carboxylic acids is 2. The predicted octanol–water partition coefficient (Wildman–Crippen LogP) is 4.43. The van der Waals surface area contributed by atoms with E-state index in [1.165, 1.54) is 12.3 Å². The van der Waals surface area contributed by atoms with Gasteiger partial charge in [0.1, 0.15) is 23.5 Å². The fourth-order valence-electron chi connectivity index (χ4n) is 3.55. The Morgan fingerprint density at radius 3 is 2.47 bits per heavy atom. The summed E-state index contributed by atoms with van der Waals surface area (Å²) in [5.41, 5.74) is 0.444. The normalized spacial score (nSPS) is 18.6. The molecule has 11 heteroatoms. The molecule has 0 radical (unpaired) electrons. The van der Waals surface area contributed by atoms with Gasteiger partial charge >= 0.3 is 12.3 Å².